The van der Waals surface area contributed by atoms with Gasteiger partial charge in [-0.2, -0.15) is 0 Å². The minimum atomic E-state index is -0.719. The maximum atomic E-state index is 11.3. The lowest BCUT2D eigenvalue weighted by atomic mass is 9.94. The highest BCUT2D eigenvalue weighted by Gasteiger charge is 2.30. The summed E-state index contributed by atoms with van der Waals surface area (Å²) in [6.45, 7) is 5.26. The zero-order chi connectivity index (χ0) is 13.0. The van der Waals surface area contributed by atoms with Crippen molar-refractivity contribution in [3.05, 3.63) is 48.0 Å². The van der Waals surface area contributed by atoms with E-state index in [2.05, 4.69) is 17.5 Å². The molecule has 1 atom stereocenters. The number of rotatable bonds is 5. The van der Waals surface area contributed by atoms with Gasteiger partial charge in [0.2, 0.25) is 0 Å². The second-order valence-corrected chi connectivity index (χ2v) is 4.73. The average Bonchev–Trinajstić information content (AvgIpc) is 2.38. The van der Waals surface area contributed by atoms with Crippen LogP contribution >= 0.6 is 0 Å². The third kappa shape index (κ3) is 2.79. The van der Waals surface area contributed by atoms with E-state index in [-0.39, 0.29) is 6.04 Å². The molecule has 0 saturated carbocycles. The van der Waals surface area contributed by atoms with Crippen LogP contribution in [0.25, 0.3) is 0 Å². The largest absolute Gasteiger partial charge is 0.480 e. The molecule has 1 heterocycles. The minimum Gasteiger partial charge on any atom is -0.480 e. The number of carbonyl (C=O) groups is 1. The molecule has 0 aliphatic carbocycles. The number of allylic oxidation sites excluding steroid dienone is 1. The lowest BCUT2D eigenvalue weighted by molar-refractivity contribution is -0.144. The highest BCUT2D eigenvalue weighted by molar-refractivity contribution is 5.74. The molecule has 1 N–H and O–H groups in total. The Morgan fingerprint density at radius 3 is 2.83 bits per heavy atom. The van der Waals surface area contributed by atoms with Crippen LogP contribution in [0.3, 0.4) is 0 Å². The molecule has 2 rings (SSSR count). The van der Waals surface area contributed by atoms with Crippen molar-refractivity contribution in [2.45, 2.75) is 31.8 Å². The molecule has 3 nitrogen and oxygen atoms in total. The van der Waals surface area contributed by atoms with E-state index >= 15 is 0 Å². The number of carboxylic acids is 1. The minimum absolute atomic E-state index is 0.385. The number of fused-ring (bicyclic) bond motifs is 1. The lowest BCUT2D eigenvalue weighted by Gasteiger charge is -2.34. The monoisotopic (exact) mass is 245 g/mol. The van der Waals surface area contributed by atoms with Gasteiger partial charge in [-0.05, 0) is 36.9 Å². The van der Waals surface area contributed by atoms with Crippen molar-refractivity contribution in [2.75, 3.05) is 6.54 Å². The molecule has 0 fully saturated rings. The van der Waals surface area contributed by atoms with Crippen LogP contribution in [-0.2, 0) is 17.8 Å². The van der Waals surface area contributed by atoms with Crippen LogP contribution in [0.4, 0.5) is 0 Å². The van der Waals surface area contributed by atoms with Gasteiger partial charge >= 0.3 is 5.97 Å². The van der Waals surface area contributed by atoms with E-state index in [9.17, 15) is 9.90 Å². The standard InChI is InChI=1S/C15H19NO2/c1-2-3-6-9-16-11-13-8-5-4-7-12(13)10-14(16)15(17)18/h2,4-5,7-8,14H,1,3,6,9-11H2,(H,17,18). The van der Waals surface area contributed by atoms with Crippen molar-refractivity contribution in [3.8, 4) is 0 Å². The topological polar surface area (TPSA) is 40.5 Å². The van der Waals surface area contributed by atoms with E-state index in [1.54, 1.807) is 0 Å². The third-order valence-corrected chi connectivity index (χ3v) is 3.48. The molecule has 1 aliphatic rings. The van der Waals surface area contributed by atoms with Gasteiger partial charge in [0.25, 0.3) is 0 Å². The van der Waals surface area contributed by atoms with Crippen LogP contribution in [0.5, 0.6) is 0 Å². The lowest BCUT2D eigenvalue weighted by Crippen LogP contribution is -2.45. The Balaban J connectivity index is 2.12. The number of hydrogen-bond donors (Lipinski definition) is 1. The molecule has 1 aromatic carbocycles. The smallest absolute Gasteiger partial charge is 0.321 e. The third-order valence-electron chi connectivity index (χ3n) is 3.48. The molecule has 0 spiro atoms. The predicted molar refractivity (Wildman–Crippen MR) is 71.4 cm³/mol. The molecular formula is C15H19NO2. The van der Waals surface area contributed by atoms with Crippen LogP contribution < -0.4 is 0 Å². The van der Waals surface area contributed by atoms with Crippen molar-refractivity contribution >= 4 is 5.97 Å². The first-order valence-corrected chi connectivity index (χ1v) is 6.37. The quantitative estimate of drug-likeness (QED) is 0.640. The van der Waals surface area contributed by atoms with Crippen LogP contribution in [0, 0.1) is 0 Å². The summed E-state index contributed by atoms with van der Waals surface area (Å²) in [6.07, 6.45) is 4.40. The van der Waals surface area contributed by atoms with Gasteiger partial charge in [0.05, 0.1) is 0 Å². The highest BCUT2D eigenvalue weighted by atomic mass is 16.4. The maximum Gasteiger partial charge on any atom is 0.321 e. The Labute approximate surface area is 108 Å². The zero-order valence-corrected chi connectivity index (χ0v) is 10.5. The molecule has 1 aromatic rings. The Bertz CT molecular complexity index is 442. The summed E-state index contributed by atoms with van der Waals surface area (Å²) in [4.78, 5) is 13.4. The van der Waals surface area contributed by atoms with E-state index in [1.165, 1.54) is 11.1 Å². The van der Waals surface area contributed by atoms with E-state index in [1.807, 2.05) is 24.3 Å². The summed E-state index contributed by atoms with van der Waals surface area (Å²) in [5, 5.41) is 9.33. The Hall–Kier alpha value is -1.61. The Morgan fingerprint density at radius 2 is 2.17 bits per heavy atom. The second-order valence-electron chi connectivity index (χ2n) is 4.73. The molecule has 18 heavy (non-hydrogen) atoms. The molecule has 0 saturated heterocycles. The highest BCUT2D eigenvalue weighted by Crippen LogP contribution is 2.23. The maximum absolute atomic E-state index is 11.3. The van der Waals surface area contributed by atoms with Crippen molar-refractivity contribution in [3.63, 3.8) is 0 Å². The Morgan fingerprint density at radius 1 is 1.44 bits per heavy atom. The molecule has 0 aromatic heterocycles. The summed E-state index contributed by atoms with van der Waals surface area (Å²) < 4.78 is 0. The molecule has 3 heteroatoms. The van der Waals surface area contributed by atoms with Crippen molar-refractivity contribution < 1.29 is 9.90 Å². The van der Waals surface area contributed by atoms with Crippen LogP contribution in [0.15, 0.2) is 36.9 Å². The van der Waals surface area contributed by atoms with E-state index in [0.29, 0.717) is 6.42 Å². The molecule has 96 valence electrons. The summed E-state index contributed by atoms with van der Waals surface area (Å²) in [5.41, 5.74) is 2.43. The van der Waals surface area contributed by atoms with Crippen LogP contribution in [-0.4, -0.2) is 28.6 Å². The van der Waals surface area contributed by atoms with E-state index < -0.39 is 5.97 Å². The molecular weight excluding hydrogens is 226 g/mol. The number of hydrogen-bond acceptors (Lipinski definition) is 2. The predicted octanol–water partition coefficient (Wildman–Crippen LogP) is 2.46. The van der Waals surface area contributed by atoms with Gasteiger partial charge in [0.1, 0.15) is 6.04 Å². The van der Waals surface area contributed by atoms with Crippen LogP contribution in [0.2, 0.25) is 0 Å². The molecule has 0 bridgehead atoms. The first-order chi connectivity index (χ1) is 8.72. The first-order valence-electron chi connectivity index (χ1n) is 6.37. The molecule has 0 amide bonds. The van der Waals surface area contributed by atoms with Gasteiger partial charge in [0.15, 0.2) is 0 Å². The van der Waals surface area contributed by atoms with Crippen molar-refractivity contribution in [1.29, 1.82) is 0 Å². The zero-order valence-electron chi connectivity index (χ0n) is 10.5. The number of benzene rings is 1. The first kappa shape index (κ1) is 12.8. The van der Waals surface area contributed by atoms with E-state index in [4.69, 9.17) is 0 Å². The SMILES string of the molecule is C=CCCCN1Cc2ccccc2CC1C(=O)O. The van der Waals surface area contributed by atoms with Gasteiger partial charge in [-0.15, -0.1) is 6.58 Å². The average molecular weight is 245 g/mol. The summed E-state index contributed by atoms with van der Waals surface area (Å²) in [7, 11) is 0. The van der Waals surface area contributed by atoms with Gasteiger partial charge in [-0.25, -0.2) is 0 Å². The number of nitrogens with zero attached hydrogens (tertiary/aromatic N) is 1. The molecule has 1 unspecified atom stereocenters. The number of unbranched alkanes of at least 4 members (excludes halogenated alkanes) is 1. The second kappa shape index (κ2) is 5.83. The Kier molecular flexibility index (Phi) is 4.15. The molecule has 0 radical (unpaired) electrons. The van der Waals surface area contributed by atoms with Crippen molar-refractivity contribution in [2.24, 2.45) is 0 Å². The molecule has 1 aliphatic heterocycles. The summed E-state index contributed by atoms with van der Waals surface area (Å²) in [5.74, 6) is -0.719. The number of carboxylic acid groups (broad SMARTS) is 1. The number of aliphatic carboxylic acids is 1. The summed E-state index contributed by atoms with van der Waals surface area (Å²) in [6, 6.07) is 7.73. The normalized spacial score (nSPS) is 19.2. The van der Waals surface area contributed by atoms with Gasteiger partial charge in [-0.3, -0.25) is 9.69 Å². The van der Waals surface area contributed by atoms with Gasteiger partial charge in [0, 0.05) is 6.54 Å². The summed E-state index contributed by atoms with van der Waals surface area (Å²) >= 11 is 0. The van der Waals surface area contributed by atoms with Gasteiger partial charge < -0.3 is 5.11 Å². The fourth-order valence-corrected chi connectivity index (χ4v) is 2.49. The van der Waals surface area contributed by atoms with Crippen molar-refractivity contribution in [1.82, 2.24) is 4.90 Å². The van der Waals surface area contributed by atoms with E-state index in [0.717, 1.165) is 25.9 Å². The fraction of sp³-hybridized carbons (Fsp3) is 0.400. The van der Waals surface area contributed by atoms with Gasteiger partial charge in [-0.1, -0.05) is 30.3 Å². The fourth-order valence-electron chi connectivity index (χ4n) is 2.49. The van der Waals surface area contributed by atoms with Crippen LogP contribution in [0.1, 0.15) is 24.0 Å².